The maximum atomic E-state index is 12.0. The van der Waals surface area contributed by atoms with Crippen molar-refractivity contribution >= 4 is 11.9 Å². The number of nitrogens with one attached hydrogen (secondary N) is 3. The van der Waals surface area contributed by atoms with E-state index in [-0.39, 0.29) is 11.9 Å². The molecular weight excluding hydrogens is 352 g/mol. The molecule has 2 atom stereocenters. The van der Waals surface area contributed by atoms with Gasteiger partial charge < -0.3 is 20.4 Å². The molecule has 0 aliphatic carbocycles. The molecule has 2 aromatic rings. The normalized spacial score (nSPS) is 13.6. The quantitative estimate of drug-likeness (QED) is 0.351. The maximum absolute atomic E-state index is 12.0. The summed E-state index contributed by atoms with van der Waals surface area (Å²) in [5, 5.41) is 9.64. The average Bonchev–Trinajstić information content (AvgIpc) is 3.13. The van der Waals surface area contributed by atoms with Gasteiger partial charge in [0.15, 0.2) is 11.7 Å². The number of furan rings is 1. The predicted molar refractivity (Wildman–Crippen MR) is 114 cm³/mol. The van der Waals surface area contributed by atoms with Gasteiger partial charge in [-0.2, -0.15) is 0 Å². The number of aryl methyl sites for hydroxylation is 1. The number of carbonyl (C=O) groups is 1. The van der Waals surface area contributed by atoms with E-state index in [1.54, 1.807) is 6.07 Å². The molecule has 1 aromatic carbocycles. The molecule has 3 N–H and O–H groups in total. The van der Waals surface area contributed by atoms with E-state index in [4.69, 9.17) is 4.42 Å². The van der Waals surface area contributed by atoms with Crippen LogP contribution in [-0.2, 0) is 0 Å². The van der Waals surface area contributed by atoms with E-state index in [0.717, 1.165) is 24.5 Å². The molecule has 0 aliphatic heterocycles. The van der Waals surface area contributed by atoms with Gasteiger partial charge in [0, 0.05) is 37.2 Å². The lowest BCUT2D eigenvalue weighted by Crippen LogP contribution is -2.44. The molecule has 0 saturated heterocycles. The van der Waals surface area contributed by atoms with Gasteiger partial charge >= 0.3 is 0 Å². The van der Waals surface area contributed by atoms with Crippen molar-refractivity contribution in [2.45, 2.75) is 46.1 Å². The zero-order valence-electron chi connectivity index (χ0n) is 17.3. The van der Waals surface area contributed by atoms with Gasteiger partial charge in [-0.05, 0) is 38.8 Å². The fourth-order valence-corrected chi connectivity index (χ4v) is 2.86. The van der Waals surface area contributed by atoms with Crippen LogP contribution in [-0.4, -0.2) is 37.5 Å². The topological polar surface area (TPSA) is 78.7 Å². The number of hydrogen-bond acceptors (Lipinski definition) is 3. The van der Waals surface area contributed by atoms with Crippen molar-refractivity contribution in [3.63, 3.8) is 0 Å². The maximum Gasteiger partial charge on any atom is 0.287 e. The minimum Gasteiger partial charge on any atom is -0.459 e. The monoisotopic (exact) mass is 384 g/mol. The van der Waals surface area contributed by atoms with Gasteiger partial charge in [0.05, 0.1) is 6.26 Å². The molecule has 6 nitrogen and oxygen atoms in total. The Morgan fingerprint density at radius 3 is 2.54 bits per heavy atom. The van der Waals surface area contributed by atoms with Gasteiger partial charge in [-0.1, -0.05) is 37.3 Å². The summed E-state index contributed by atoms with van der Waals surface area (Å²) in [4.78, 5) is 16.6. The number of guanidine groups is 1. The standard InChI is InChI=1S/C22H32N4O2/c1-5-23-22(26-18(4)17(3)19-10-7-6-8-11-19)25-14-9-13-24-21(27)20-16(2)12-15-28-20/h6-8,10-12,15,17-18H,5,9,13-14H2,1-4H3,(H,24,27)(H2,23,25,26). The van der Waals surface area contributed by atoms with Crippen molar-refractivity contribution in [1.82, 2.24) is 16.0 Å². The molecular formula is C22H32N4O2. The molecule has 28 heavy (non-hydrogen) atoms. The summed E-state index contributed by atoms with van der Waals surface area (Å²) in [6.45, 7) is 10.3. The van der Waals surface area contributed by atoms with Crippen molar-refractivity contribution in [1.29, 1.82) is 0 Å². The Balaban J connectivity index is 1.79. The zero-order valence-corrected chi connectivity index (χ0v) is 17.3. The summed E-state index contributed by atoms with van der Waals surface area (Å²) in [6.07, 6.45) is 2.28. The Morgan fingerprint density at radius 1 is 1.14 bits per heavy atom. The highest BCUT2D eigenvalue weighted by Crippen LogP contribution is 2.18. The number of rotatable bonds is 9. The van der Waals surface area contributed by atoms with E-state index in [1.165, 1.54) is 11.8 Å². The number of amides is 1. The zero-order chi connectivity index (χ0) is 20.4. The Bertz CT molecular complexity index is 755. The SMILES string of the molecule is CCNC(=NCCCNC(=O)c1occc1C)NC(C)C(C)c1ccccc1. The van der Waals surface area contributed by atoms with E-state index in [1.807, 2.05) is 13.0 Å². The third-order valence-corrected chi connectivity index (χ3v) is 4.74. The largest absolute Gasteiger partial charge is 0.459 e. The summed E-state index contributed by atoms with van der Waals surface area (Å²) in [6, 6.07) is 12.5. The molecule has 1 aromatic heterocycles. The molecule has 2 unspecified atom stereocenters. The first kappa shape index (κ1) is 21.5. The van der Waals surface area contributed by atoms with Gasteiger partial charge in [0.1, 0.15) is 0 Å². The highest BCUT2D eigenvalue weighted by molar-refractivity contribution is 5.92. The van der Waals surface area contributed by atoms with Crippen LogP contribution in [0.1, 0.15) is 54.8 Å². The lowest BCUT2D eigenvalue weighted by Gasteiger charge is -2.24. The van der Waals surface area contributed by atoms with E-state index in [2.05, 4.69) is 66.0 Å². The molecule has 0 spiro atoms. The van der Waals surface area contributed by atoms with Crippen LogP contribution in [0, 0.1) is 6.92 Å². The van der Waals surface area contributed by atoms with Crippen LogP contribution in [0.2, 0.25) is 0 Å². The van der Waals surface area contributed by atoms with Crippen molar-refractivity contribution < 1.29 is 9.21 Å². The molecule has 0 saturated carbocycles. The molecule has 0 bridgehead atoms. The van der Waals surface area contributed by atoms with Crippen molar-refractivity contribution in [3.05, 3.63) is 59.5 Å². The summed E-state index contributed by atoms with van der Waals surface area (Å²) in [5.41, 5.74) is 2.14. The summed E-state index contributed by atoms with van der Waals surface area (Å²) < 4.78 is 5.20. The molecule has 0 radical (unpaired) electrons. The van der Waals surface area contributed by atoms with Crippen molar-refractivity contribution in [2.75, 3.05) is 19.6 Å². The average molecular weight is 385 g/mol. The number of aliphatic imine (C=N–C) groups is 1. The van der Waals surface area contributed by atoms with E-state index in [0.29, 0.717) is 24.8 Å². The van der Waals surface area contributed by atoms with E-state index < -0.39 is 0 Å². The van der Waals surface area contributed by atoms with Crippen LogP contribution >= 0.6 is 0 Å². The van der Waals surface area contributed by atoms with Crippen LogP contribution in [0.5, 0.6) is 0 Å². The molecule has 2 rings (SSSR count). The second-order valence-corrected chi connectivity index (χ2v) is 6.94. The molecule has 6 heteroatoms. The minimum atomic E-state index is -0.179. The Morgan fingerprint density at radius 2 is 1.89 bits per heavy atom. The van der Waals surface area contributed by atoms with Gasteiger partial charge in [-0.25, -0.2) is 0 Å². The fourth-order valence-electron chi connectivity index (χ4n) is 2.86. The van der Waals surface area contributed by atoms with Crippen molar-refractivity contribution in [2.24, 2.45) is 4.99 Å². The van der Waals surface area contributed by atoms with E-state index >= 15 is 0 Å². The number of hydrogen-bond donors (Lipinski definition) is 3. The first-order valence-corrected chi connectivity index (χ1v) is 9.95. The Hall–Kier alpha value is -2.76. The molecule has 1 heterocycles. The van der Waals surface area contributed by atoms with Crippen LogP contribution in [0.15, 0.2) is 52.1 Å². The second kappa shape index (κ2) is 11.2. The van der Waals surface area contributed by atoms with E-state index in [9.17, 15) is 4.79 Å². The molecule has 0 fully saturated rings. The van der Waals surface area contributed by atoms with Gasteiger partial charge in [-0.15, -0.1) is 0 Å². The summed E-state index contributed by atoms with van der Waals surface area (Å²) >= 11 is 0. The van der Waals surface area contributed by atoms with Crippen LogP contribution < -0.4 is 16.0 Å². The molecule has 1 amide bonds. The third kappa shape index (κ3) is 6.44. The highest BCUT2D eigenvalue weighted by Gasteiger charge is 2.15. The van der Waals surface area contributed by atoms with Gasteiger partial charge in [0.25, 0.3) is 5.91 Å². The predicted octanol–water partition coefficient (Wildman–Crippen LogP) is 3.46. The third-order valence-electron chi connectivity index (χ3n) is 4.74. The van der Waals surface area contributed by atoms with Crippen molar-refractivity contribution in [3.8, 4) is 0 Å². The summed E-state index contributed by atoms with van der Waals surface area (Å²) in [5.74, 6) is 1.36. The highest BCUT2D eigenvalue weighted by atomic mass is 16.3. The minimum absolute atomic E-state index is 0.179. The van der Waals surface area contributed by atoms with Gasteiger partial charge in [-0.3, -0.25) is 9.79 Å². The molecule has 152 valence electrons. The number of carbonyl (C=O) groups excluding carboxylic acids is 1. The fraction of sp³-hybridized carbons (Fsp3) is 0.455. The lowest BCUT2D eigenvalue weighted by atomic mass is 9.94. The number of benzene rings is 1. The lowest BCUT2D eigenvalue weighted by molar-refractivity contribution is 0.0925. The van der Waals surface area contributed by atoms with Crippen LogP contribution in [0.25, 0.3) is 0 Å². The summed E-state index contributed by atoms with van der Waals surface area (Å²) in [7, 11) is 0. The first-order valence-electron chi connectivity index (χ1n) is 9.95. The Labute approximate surface area is 167 Å². The molecule has 0 aliphatic rings. The second-order valence-electron chi connectivity index (χ2n) is 6.94. The Kier molecular flexibility index (Phi) is 8.59. The van der Waals surface area contributed by atoms with Gasteiger partial charge in [0.2, 0.25) is 0 Å². The smallest absolute Gasteiger partial charge is 0.287 e. The first-order chi connectivity index (χ1) is 13.5. The van der Waals surface area contributed by atoms with Crippen LogP contribution in [0.3, 0.4) is 0 Å². The van der Waals surface area contributed by atoms with Crippen LogP contribution in [0.4, 0.5) is 0 Å². The number of nitrogens with zero attached hydrogens (tertiary/aromatic N) is 1.